The number of esters is 1. The summed E-state index contributed by atoms with van der Waals surface area (Å²) in [4.78, 5) is 16.3. The van der Waals surface area contributed by atoms with Gasteiger partial charge in [0, 0.05) is 17.1 Å². The molecular formula is C29H25N3O3. The van der Waals surface area contributed by atoms with Gasteiger partial charge in [-0.25, -0.2) is 4.98 Å². The number of nitriles is 1. The molecule has 0 unspecified atom stereocenters. The Morgan fingerprint density at radius 2 is 1.94 bits per heavy atom. The van der Waals surface area contributed by atoms with Gasteiger partial charge in [-0.3, -0.25) is 4.79 Å². The molecule has 4 aromatic rings. The SMILES string of the molecule is CCOC(=O)Cc1ccc(C#N)cc1O[C@@H]1CCc2ccc(-c3ccc4ccnc(N)c4c3)cc21. The molecule has 0 fully saturated rings. The van der Waals surface area contributed by atoms with Crippen molar-refractivity contribution in [3.63, 3.8) is 0 Å². The summed E-state index contributed by atoms with van der Waals surface area (Å²) in [5, 5.41) is 11.4. The van der Waals surface area contributed by atoms with Crippen LogP contribution >= 0.6 is 0 Å². The van der Waals surface area contributed by atoms with Gasteiger partial charge in [0.1, 0.15) is 17.7 Å². The molecule has 0 radical (unpaired) electrons. The number of rotatable bonds is 6. The molecule has 1 atom stereocenters. The van der Waals surface area contributed by atoms with Crippen LogP contribution in [-0.2, 0) is 22.4 Å². The van der Waals surface area contributed by atoms with Crippen molar-refractivity contribution < 1.29 is 14.3 Å². The van der Waals surface area contributed by atoms with E-state index < -0.39 is 0 Å². The molecule has 5 rings (SSSR count). The third-order valence-corrected chi connectivity index (χ3v) is 6.40. The van der Waals surface area contributed by atoms with E-state index in [0.29, 0.717) is 29.3 Å². The molecule has 0 amide bonds. The Morgan fingerprint density at radius 1 is 1.11 bits per heavy atom. The van der Waals surface area contributed by atoms with Gasteiger partial charge in [0.2, 0.25) is 0 Å². The highest BCUT2D eigenvalue weighted by Crippen LogP contribution is 2.39. The summed E-state index contributed by atoms with van der Waals surface area (Å²) in [7, 11) is 0. The van der Waals surface area contributed by atoms with E-state index in [2.05, 4.69) is 47.5 Å². The van der Waals surface area contributed by atoms with Crippen molar-refractivity contribution in [3.8, 4) is 22.9 Å². The molecule has 0 saturated carbocycles. The van der Waals surface area contributed by atoms with Crippen LogP contribution in [-0.4, -0.2) is 17.6 Å². The number of aryl methyl sites for hydroxylation is 1. The van der Waals surface area contributed by atoms with Crippen LogP contribution in [0.25, 0.3) is 21.9 Å². The lowest BCUT2D eigenvalue weighted by atomic mass is 9.98. The zero-order valence-electron chi connectivity index (χ0n) is 19.5. The molecule has 6 nitrogen and oxygen atoms in total. The number of pyridine rings is 1. The maximum Gasteiger partial charge on any atom is 0.310 e. The number of hydrogen-bond donors (Lipinski definition) is 1. The van der Waals surface area contributed by atoms with Gasteiger partial charge < -0.3 is 15.2 Å². The lowest BCUT2D eigenvalue weighted by molar-refractivity contribution is -0.142. The number of nitrogens with two attached hydrogens (primary N) is 1. The maximum atomic E-state index is 12.1. The minimum atomic E-state index is -0.318. The van der Waals surface area contributed by atoms with Gasteiger partial charge in [-0.2, -0.15) is 5.26 Å². The smallest absolute Gasteiger partial charge is 0.310 e. The summed E-state index contributed by atoms with van der Waals surface area (Å²) < 4.78 is 11.6. The molecule has 1 aliphatic rings. The molecule has 0 saturated heterocycles. The van der Waals surface area contributed by atoms with E-state index in [4.69, 9.17) is 15.2 Å². The van der Waals surface area contributed by atoms with Crippen molar-refractivity contribution in [1.82, 2.24) is 4.98 Å². The monoisotopic (exact) mass is 463 g/mol. The van der Waals surface area contributed by atoms with Crippen molar-refractivity contribution in [2.45, 2.75) is 32.3 Å². The number of nitrogen functional groups attached to an aromatic ring is 1. The number of hydrogen-bond acceptors (Lipinski definition) is 6. The van der Waals surface area contributed by atoms with Crippen LogP contribution in [0.15, 0.2) is 66.9 Å². The second kappa shape index (κ2) is 9.47. The van der Waals surface area contributed by atoms with Gasteiger partial charge in [0.05, 0.1) is 24.7 Å². The molecule has 3 aromatic carbocycles. The number of fused-ring (bicyclic) bond motifs is 2. The number of ether oxygens (including phenoxy) is 2. The third-order valence-electron chi connectivity index (χ3n) is 6.40. The summed E-state index contributed by atoms with van der Waals surface area (Å²) in [5.41, 5.74) is 11.8. The summed E-state index contributed by atoms with van der Waals surface area (Å²) in [6, 6.07) is 21.9. The lowest BCUT2D eigenvalue weighted by Crippen LogP contribution is -2.11. The van der Waals surface area contributed by atoms with Gasteiger partial charge >= 0.3 is 5.97 Å². The first-order valence-corrected chi connectivity index (χ1v) is 11.7. The van der Waals surface area contributed by atoms with Gasteiger partial charge in [-0.1, -0.05) is 30.3 Å². The summed E-state index contributed by atoms with van der Waals surface area (Å²) >= 11 is 0. The molecule has 6 heteroatoms. The number of benzene rings is 3. The van der Waals surface area contributed by atoms with E-state index in [1.54, 1.807) is 31.3 Å². The lowest BCUT2D eigenvalue weighted by Gasteiger charge is -2.19. The summed E-state index contributed by atoms with van der Waals surface area (Å²) in [6.07, 6.45) is 3.36. The number of carbonyl (C=O) groups excluding carboxylic acids is 1. The first kappa shape index (κ1) is 22.4. The van der Waals surface area contributed by atoms with Crippen molar-refractivity contribution in [1.29, 1.82) is 5.26 Å². The molecular weight excluding hydrogens is 438 g/mol. The number of nitrogens with zero attached hydrogens (tertiary/aromatic N) is 2. The van der Waals surface area contributed by atoms with Crippen LogP contribution in [0.1, 0.15) is 41.7 Å². The van der Waals surface area contributed by atoms with Crippen molar-refractivity contribution in [3.05, 3.63) is 89.1 Å². The second-order valence-corrected chi connectivity index (χ2v) is 8.61. The van der Waals surface area contributed by atoms with E-state index in [-0.39, 0.29) is 18.5 Å². The van der Waals surface area contributed by atoms with Crippen LogP contribution < -0.4 is 10.5 Å². The molecule has 2 N–H and O–H groups in total. The van der Waals surface area contributed by atoms with Gasteiger partial charge in [-0.05, 0) is 77.7 Å². The van der Waals surface area contributed by atoms with Crippen molar-refractivity contribution >= 4 is 22.6 Å². The zero-order valence-corrected chi connectivity index (χ0v) is 19.5. The van der Waals surface area contributed by atoms with E-state index >= 15 is 0 Å². The normalized spacial score (nSPS) is 14.3. The first-order chi connectivity index (χ1) is 17.1. The largest absolute Gasteiger partial charge is 0.485 e. The average Bonchev–Trinajstić information content (AvgIpc) is 3.27. The summed E-state index contributed by atoms with van der Waals surface area (Å²) in [6.45, 7) is 2.10. The van der Waals surface area contributed by atoms with Gasteiger partial charge in [0.15, 0.2) is 0 Å². The fourth-order valence-corrected chi connectivity index (χ4v) is 4.64. The quantitative estimate of drug-likeness (QED) is 0.378. The highest BCUT2D eigenvalue weighted by Gasteiger charge is 2.26. The van der Waals surface area contributed by atoms with Crippen molar-refractivity contribution in [2.75, 3.05) is 12.3 Å². The predicted octanol–water partition coefficient (Wildman–Crippen LogP) is 5.53. The highest BCUT2D eigenvalue weighted by atomic mass is 16.5. The van der Waals surface area contributed by atoms with Crippen molar-refractivity contribution in [2.24, 2.45) is 0 Å². The van der Waals surface area contributed by atoms with E-state index in [0.717, 1.165) is 40.3 Å². The molecule has 1 aromatic heterocycles. The first-order valence-electron chi connectivity index (χ1n) is 11.7. The van der Waals surface area contributed by atoms with E-state index in [9.17, 15) is 10.1 Å². The second-order valence-electron chi connectivity index (χ2n) is 8.61. The van der Waals surface area contributed by atoms with Crippen LogP contribution in [0.4, 0.5) is 5.82 Å². The number of aromatic nitrogens is 1. The minimum absolute atomic E-state index is 0.0983. The Bertz CT molecular complexity index is 1470. The highest BCUT2D eigenvalue weighted by molar-refractivity contribution is 5.94. The molecule has 0 bridgehead atoms. The fraction of sp³-hybridized carbons (Fsp3) is 0.207. The molecule has 1 aliphatic carbocycles. The Kier molecular flexibility index (Phi) is 6.07. The Balaban J connectivity index is 1.47. The number of anilines is 1. The van der Waals surface area contributed by atoms with Crippen LogP contribution in [0.2, 0.25) is 0 Å². The third kappa shape index (κ3) is 4.53. The molecule has 1 heterocycles. The molecule has 35 heavy (non-hydrogen) atoms. The van der Waals surface area contributed by atoms with Crippen LogP contribution in [0, 0.1) is 11.3 Å². The van der Waals surface area contributed by atoms with Gasteiger partial charge in [-0.15, -0.1) is 0 Å². The molecule has 174 valence electrons. The maximum absolute atomic E-state index is 12.1. The zero-order chi connectivity index (χ0) is 24.4. The van der Waals surface area contributed by atoms with Gasteiger partial charge in [0.25, 0.3) is 0 Å². The Labute approximate surface area is 203 Å². The molecule has 0 aliphatic heterocycles. The van der Waals surface area contributed by atoms with E-state index in [1.165, 1.54) is 5.56 Å². The van der Waals surface area contributed by atoms with Crippen LogP contribution in [0.5, 0.6) is 5.75 Å². The minimum Gasteiger partial charge on any atom is -0.485 e. The fourth-order valence-electron chi connectivity index (χ4n) is 4.64. The van der Waals surface area contributed by atoms with Crippen LogP contribution in [0.3, 0.4) is 0 Å². The summed E-state index contributed by atoms with van der Waals surface area (Å²) in [5.74, 6) is 0.740. The van der Waals surface area contributed by atoms with E-state index in [1.807, 2.05) is 6.07 Å². The molecule has 0 spiro atoms. The average molecular weight is 464 g/mol. The standard InChI is InChI=1S/C29H25N3O3/c1-2-34-28(33)16-23-4-3-18(17-30)13-27(23)35-26-10-9-19-5-7-21(14-24(19)26)22-8-6-20-11-12-32-29(31)25(20)15-22/h3-8,11-15,26H,2,9-10,16H2,1H3,(H2,31,32)/t26-/m1/s1. The topological polar surface area (TPSA) is 98.2 Å². The Hall–Kier alpha value is -4.37. The number of carbonyl (C=O) groups is 1. The predicted molar refractivity (Wildman–Crippen MR) is 135 cm³/mol. The Morgan fingerprint density at radius 3 is 2.77 bits per heavy atom.